The van der Waals surface area contributed by atoms with E-state index in [1.54, 1.807) is 4.90 Å². The number of carbonyl (C=O) groups is 1. The number of halogens is 1. The number of piperazine rings is 1. The lowest BCUT2D eigenvalue weighted by Crippen LogP contribution is -2.56. The van der Waals surface area contributed by atoms with E-state index in [0.717, 1.165) is 58.8 Å². The fourth-order valence-electron chi connectivity index (χ4n) is 6.88. The van der Waals surface area contributed by atoms with Gasteiger partial charge in [0.15, 0.2) is 0 Å². The Morgan fingerprint density at radius 2 is 1.87 bits per heavy atom. The third-order valence-electron chi connectivity index (χ3n) is 9.18. The number of ether oxygens (including phenoxy) is 2. The van der Waals surface area contributed by atoms with Gasteiger partial charge in [0.25, 0.3) is 0 Å². The number of pyridine rings is 1. The predicted octanol–water partition coefficient (Wildman–Crippen LogP) is 6.26. The minimum absolute atomic E-state index is 0.232. The van der Waals surface area contributed by atoms with E-state index in [-0.39, 0.29) is 18.6 Å². The van der Waals surface area contributed by atoms with E-state index in [9.17, 15) is 10.1 Å². The average molecular weight is 631 g/mol. The predicted molar refractivity (Wildman–Crippen MR) is 178 cm³/mol. The summed E-state index contributed by atoms with van der Waals surface area (Å²) in [6.07, 6.45) is 2.97. The van der Waals surface area contributed by atoms with Gasteiger partial charge in [0.2, 0.25) is 5.88 Å². The van der Waals surface area contributed by atoms with Crippen molar-refractivity contribution in [2.45, 2.75) is 70.7 Å². The molecule has 0 N–H and O–H groups in total. The van der Waals surface area contributed by atoms with Gasteiger partial charge in [-0.2, -0.15) is 5.26 Å². The third kappa shape index (κ3) is 6.78. The molecule has 2 atom stereocenters. The lowest BCUT2D eigenvalue weighted by atomic mass is 9.99. The van der Waals surface area contributed by atoms with Gasteiger partial charge >= 0.3 is 6.09 Å². The molecule has 0 unspecified atom stereocenters. The molecule has 9 nitrogen and oxygen atoms in total. The van der Waals surface area contributed by atoms with Crippen molar-refractivity contribution in [3.05, 3.63) is 58.7 Å². The number of fused-ring (bicyclic) bond motifs is 2. The molecule has 238 valence electrons. The second-order valence-corrected chi connectivity index (χ2v) is 13.8. The summed E-state index contributed by atoms with van der Waals surface area (Å²) in [6, 6.07) is 16.8. The number of amides is 1. The van der Waals surface area contributed by atoms with Gasteiger partial charge in [-0.05, 0) is 71.1 Å². The van der Waals surface area contributed by atoms with Gasteiger partial charge in [0.05, 0.1) is 35.8 Å². The molecule has 45 heavy (non-hydrogen) atoms. The monoisotopic (exact) mass is 630 g/mol. The zero-order chi connectivity index (χ0) is 31.7. The van der Waals surface area contributed by atoms with Gasteiger partial charge in [0.1, 0.15) is 12.2 Å². The minimum Gasteiger partial charge on any atom is -0.476 e. The summed E-state index contributed by atoms with van der Waals surface area (Å²) in [5.74, 6) is 0.619. The van der Waals surface area contributed by atoms with Gasteiger partial charge < -0.3 is 29.1 Å². The van der Waals surface area contributed by atoms with Crippen LogP contribution in [0.15, 0.2) is 42.5 Å². The zero-order valence-electron chi connectivity index (χ0n) is 26.8. The van der Waals surface area contributed by atoms with Crippen LogP contribution in [-0.4, -0.2) is 84.9 Å². The number of likely N-dealkylation sites (tertiary alicyclic amines) is 1. The molecule has 6 rings (SSSR count). The van der Waals surface area contributed by atoms with E-state index in [1.165, 1.54) is 12.0 Å². The van der Waals surface area contributed by atoms with Crippen molar-refractivity contribution >= 4 is 39.8 Å². The summed E-state index contributed by atoms with van der Waals surface area (Å²) < 4.78 is 12.1. The summed E-state index contributed by atoms with van der Waals surface area (Å²) in [6.45, 7) is 10.4. The fourth-order valence-corrected chi connectivity index (χ4v) is 7.16. The molecule has 0 radical (unpaired) electrons. The normalized spacial score (nSPS) is 20.7. The van der Waals surface area contributed by atoms with Crippen LogP contribution in [-0.2, 0) is 17.7 Å². The Bertz CT molecular complexity index is 1600. The van der Waals surface area contributed by atoms with Gasteiger partial charge in [-0.15, -0.1) is 0 Å². The SMILES string of the molecule is CN1CCC[C@H]1COc1cc(N2CCN(C(=O)OC(C)(C)C)[C@@H](CC#N)C2)c2c(n1)CN(c1cccc3cccc(Cl)c13)CC2. The van der Waals surface area contributed by atoms with E-state index in [4.69, 9.17) is 26.1 Å². The first-order valence-electron chi connectivity index (χ1n) is 16.0. The highest BCUT2D eigenvalue weighted by atomic mass is 35.5. The van der Waals surface area contributed by atoms with Gasteiger partial charge in [-0.25, -0.2) is 9.78 Å². The molecule has 4 heterocycles. The number of anilines is 2. The van der Waals surface area contributed by atoms with Crippen molar-refractivity contribution in [1.82, 2.24) is 14.8 Å². The topological polar surface area (TPSA) is 85.2 Å². The highest BCUT2D eigenvalue weighted by molar-refractivity contribution is 6.36. The molecule has 1 aromatic heterocycles. The summed E-state index contributed by atoms with van der Waals surface area (Å²) in [4.78, 5) is 26.9. The van der Waals surface area contributed by atoms with Gasteiger partial charge in [-0.1, -0.05) is 35.9 Å². The molecule has 2 aromatic carbocycles. The number of aromatic nitrogens is 1. The molecule has 3 aliphatic heterocycles. The van der Waals surface area contributed by atoms with Crippen LogP contribution in [0.3, 0.4) is 0 Å². The van der Waals surface area contributed by atoms with Crippen LogP contribution in [0.25, 0.3) is 10.8 Å². The van der Waals surface area contributed by atoms with Crippen LogP contribution in [0.2, 0.25) is 5.02 Å². The molecule has 0 aliphatic carbocycles. The number of likely N-dealkylation sites (N-methyl/N-ethyl adjacent to an activating group) is 1. The molecule has 2 saturated heterocycles. The average Bonchev–Trinajstić information content (AvgIpc) is 3.42. The molecule has 3 aromatic rings. The summed E-state index contributed by atoms with van der Waals surface area (Å²) >= 11 is 6.72. The van der Waals surface area contributed by atoms with Crippen LogP contribution >= 0.6 is 11.6 Å². The lowest BCUT2D eigenvalue weighted by molar-refractivity contribution is 0.0145. The Kier molecular flexibility index (Phi) is 8.98. The highest BCUT2D eigenvalue weighted by Gasteiger charge is 2.35. The zero-order valence-corrected chi connectivity index (χ0v) is 27.5. The van der Waals surface area contributed by atoms with Crippen molar-refractivity contribution in [2.24, 2.45) is 0 Å². The molecule has 3 aliphatic rings. The molecule has 2 fully saturated rings. The first-order valence-corrected chi connectivity index (χ1v) is 16.4. The Morgan fingerprint density at radius 3 is 2.60 bits per heavy atom. The third-order valence-corrected chi connectivity index (χ3v) is 9.50. The lowest BCUT2D eigenvalue weighted by Gasteiger charge is -2.43. The summed E-state index contributed by atoms with van der Waals surface area (Å²) in [5, 5.41) is 12.6. The molecule has 10 heteroatoms. The molecular weight excluding hydrogens is 588 g/mol. The van der Waals surface area contributed by atoms with E-state index in [2.05, 4.69) is 58.1 Å². The van der Waals surface area contributed by atoms with Crippen LogP contribution in [0, 0.1) is 11.3 Å². The van der Waals surface area contributed by atoms with E-state index >= 15 is 0 Å². The number of nitriles is 1. The van der Waals surface area contributed by atoms with Crippen molar-refractivity contribution < 1.29 is 14.3 Å². The molecule has 1 amide bonds. The van der Waals surface area contributed by atoms with E-state index in [1.807, 2.05) is 32.9 Å². The van der Waals surface area contributed by atoms with Crippen molar-refractivity contribution in [1.29, 1.82) is 5.26 Å². The van der Waals surface area contributed by atoms with E-state index in [0.29, 0.717) is 44.7 Å². The Labute approximate surface area is 271 Å². The Hall–Kier alpha value is -3.74. The Morgan fingerprint density at radius 1 is 1.07 bits per heavy atom. The smallest absolute Gasteiger partial charge is 0.410 e. The largest absolute Gasteiger partial charge is 0.476 e. The number of hydrogen-bond acceptors (Lipinski definition) is 8. The van der Waals surface area contributed by atoms with Crippen molar-refractivity contribution in [3.8, 4) is 11.9 Å². The van der Waals surface area contributed by atoms with E-state index < -0.39 is 5.60 Å². The first-order chi connectivity index (χ1) is 21.6. The maximum Gasteiger partial charge on any atom is 0.410 e. The fraction of sp³-hybridized carbons (Fsp3) is 0.514. The van der Waals surface area contributed by atoms with Crippen LogP contribution in [0.1, 0.15) is 51.3 Å². The number of benzene rings is 2. The maximum atomic E-state index is 13.1. The minimum atomic E-state index is -0.602. The maximum absolute atomic E-state index is 13.1. The van der Waals surface area contributed by atoms with Gasteiger partial charge in [-0.3, -0.25) is 0 Å². The van der Waals surface area contributed by atoms with Crippen LogP contribution in [0.5, 0.6) is 5.88 Å². The van der Waals surface area contributed by atoms with Crippen LogP contribution < -0.4 is 14.5 Å². The molecule has 0 saturated carbocycles. The second-order valence-electron chi connectivity index (χ2n) is 13.4. The second kappa shape index (κ2) is 12.9. The first kappa shape index (κ1) is 31.3. The molecular formula is C35H43ClN6O3. The van der Waals surface area contributed by atoms with Crippen molar-refractivity contribution in [3.63, 3.8) is 0 Å². The quantitative estimate of drug-likeness (QED) is 0.315. The van der Waals surface area contributed by atoms with Crippen LogP contribution in [0.4, 0.5) is 16.2 Å². The standard InChI is InChI=1S/C35H43ClN6O3/c1-35(2,3)45-34(43)42-19-18-41(21-25(42)13-15-37)31-20-32(44-23-26-10-7-16-39(26)4)38-29-22-40(17-14-27(29)31)30-12-6-9-24-8-5-11-28(36)33(24)30/h5-6,8-9,11-12,20,25-26H,7,10,13-14,16-19,21-23H2,1-4H3/t25-,26-/m0/s1. The summed E-state index contributed by atoms with van der Waals surface area (Å²) in [5.41, 5.74) is 3.77. The Balaban J connectivity index is 1.32. The number of nitrogens with zero attached hydrogens (tertiary/aromatic N) is 6. The van der Waals surface area contributed by atoms with Gasteiger partial charge in [0, 0.05) is 60.6 Å². The van der Waals surface area contributed by atoms with Crippen molar-refractivity contribution in [2.75, 3.05) is 56.2 Å². The summed E-state index contributed by atoms with van der Waals surface area (Å²) in [7, 11) is 2.15. The highest BCUT2D eigenvalue weighted by Crippen LogP contribution is 2.38. The number of rotatable bonds is 6. The molecule has 0 spiro atoms. The number of carbonyl (C=O) groups excluding carboxylic acids is 1. The number of hydrogen-bond donors (Lipinski definition) is 0. The molecule has 0 bridgehead atoms.